The Hall–Kier alpha value is -1.20. The summed E-state index contributed by atoms with van der Waals surface area (Å²) in [4.78, 5) is 23.1. The monoisotopic (exact) mass is 382 g/mol. The van der Waals surface area contributed by atoms with E-state index < -0.39 is 17.7 Å². The fourth-order valence-corrected chi connectivity index (χ4v) is 3.85. The van der Waals surface area contributed by atoms with Crippen molar-refractivity contribution in [3.8, 4) is 0 Å². The summed E-state index contributed by atoms with van der Waals surface area (Å²) in [6.07, 6.45) is 10.7. The summed E-state index contributed by atoms with van der Waals surface area (Å²) >= 11 is 0. The Morgan fingerprint density at radius 3 is 2.63 bits per heavy atom. The predicted molar refractivity (Wildman–Crippen MR) is 106 cm³/mol. The van der Waals surface area contributed by atoms with E-state index in [0.29, 0.717) is 12.8 Å². The fourth-order valence-electron chi connectivity index (χ4n) is 3.85. The van der Waals surface area contributed by atoms with Gasteiger partial charge in [0.05, 0.1) is 17.6 Å². The van der Waals surface area contributed by atoms with Crippen molar-refractivity contribution in [3.63, 3.8) is 0 Å². The van der Waals surface area contributed by atoms with Gasteiger partial charge in [0.1, 0.15) is 5.78 Å². The molecule has 1 aliphatic rings. The molecular formula is C22H38O5. The third-order valence-electron chi connectivity index (χ3n) is 5.79. The van der Waals surface area contributed by atoms with Crippen LogP contribution >= 0.6 is 0 Å². The second-order valence-corrected chi connectivity index (χ2v) is 8.53. The minimum Gasteiger partial charge on any atom is -0.481 e. The summed E-state index contributed by atoms with van der Waals surface area (Å²) in [5.41, 5.74) is -0.740. The molecule has 0 amide bonds. The number of hydrogen-bond acceptors (Lipinski definition) is 4. The van der Waals surface area contributed by atoms with Crippen LogP contribution in [0.25, 0.3) is 0 Å². The third-order valence-corrected chi connectivity index (χ3v) is 5.79. The highest BCUT2D eigenvalue weighted by Gasteiger charge is 2.39. The third kappa shape index (κ3) is 8.56. The first-order valence-corrected chi connectivity index (χ1v) is 10.5. The van der Waals surface area contributed by atoms with E-state index in [9.17, 15) is 19.8 Å². The quantitative estimate of drug-likeness (QED) is 0.329. The molecule has 0 aliphatic heterocycles. The number of carbonyl (C=O) groups is 2. The topological polar surface area (TPSA) is 94.8 Å². The van der Waals surface area contributed by atoms with Gasteiger partial charge in [-0.3, -0.25) is 9.59 Å². The second kappa shape index (κ2) is 11.6. The molecule has 1 fully saturated rings. The van der Waals surface area contributed by atoms with Crippen LogP contribution in [0.15, 0.2) is 12.2 Å². The fraction of sp³-hybridized carbons (Fsp3) is 0.818. The molecule has 5 unspecified atom stereocenters. The summed E-state index contributed by atoms with van der Waals surface area (Å²) in [5, 5.41) is 29.5. The van der Waals surface area contributed by atoms with Gasteiger partial charge in [0.2, 0.25) is 0 Å². The zero-order chi connectivity index (χ0) is 20.4. The average Bonchev–Trinajstić information content (AvgIpc) is 2.86. The van der Waals surface area contributed by atoms with Gasteiger partial charge in [0.25, 0.3) is 0 Å². The van der Waals surface area contributed by atoms with Gasteiger partial charge in [-0.25, -0.2) is 0 Å². The number of aliphatic hydroxyl groups excluding tert-OH is 1. The molecule has 0 spiro atoms. The Balaban J connectivity index is 2.46. The molecule has 1 rings (SSSR count). The Kier molecular flexibility index (Phi) is 10.2. The van der Waals surface area contributed by atoms with Gasteiger partial charge in [0.15, 0.2) is 0 Å². The molecule has 156 valence electrons. The van der Waals surface area contributed by atoms with Crippen LogP contribution in [-0.2, 0) is 9.59 Å². The first-order chi connectivity index (χ1) is 12.7. The van der Waals surface area contributed by atoms with Crippen LogP contribution in [0.4, 0.5) is 0 Å². The summed E-state index contributed by atoms with van der Waals surface area (Å²) in [6, 6.07) is 0. The number of carbonyl (C=O) groups excluding carboxylic acids is 1. The van der Waals surface area contributed by atoms with E-state index in [0.717, 1.165) is 44.9 Å². The lowest BCUT2D eigenvalue weighted by atomic mass is 9.87. The number of aliphatic carboxylic acids is 1. The zero-order valence-electron chi connectivity index (χ0n) is 17.2. The molecule has 0 saturated heterocycles. The SMILES string of the molecule is CCCCC(C)(O)C/C=C/C1C(O)CC(=O)C1CCCCCC(C)C(=O)O. The Morgan fingerprint density at radius 1 is 1.30 bits per heavy atom. The second-order valence-electron chi connectivity index (χ2n) is 8.53. The maximum Gasteiger partial charge on any atom is 0.306 e. The standard InChI is InChI=1S/C22H38O5/c1-4-5-13-22(3,27)14-9-12-18-17(19(23)15-20(18)24)11-8-6-7-10-16(2)21(25)26/h9,12,16-18,20,24,27H,4-8,10-11,13-15H2,1-3H3,(H,25,26)/b12-9+. The smallest absolute Gasteiger partial charge is 0.306 e. The van der Waals surface area contributed by atoms with Crippen molar-refractivity contribution in [2.24, 2.45) is 17.8 Å². The molecule has 0 bridgehead atoms. The van der Waals surface area contributed by atoms with Gasteiger partial charge in [-0.05, 0) is 32.6 Å². The van der Waals surface area contributed by atoms with Gasteiger partial charge in [-0.15, -0.1) is 0 Å². The average molecular weight is 383 g/mol. The molecule has 5 nitrogen and oxygen atoms in total. The highest BCUT2D eigenvalue weighted by molar-refractivity contribution is 5.84. The first kappa shape index (κ1) is 23.8. The minimum absolute atomic E-state index is 0.119. The van der Waals surface area contributed by atoms with Gasteiger partial charge in [0, 0.05) is 18.3 Å². The number of rotatable bonds is 13. The summed E-state index contributed by atoms with van der Waals surface area (Å²) in [5.74, 6) is -1.29. The summed E-state index contributed by atoms with van der Waals surface area (Å²) < 4.78 is 0. The zero-order valence-corrected chi connectivity index (χ0v) is 17.2. The van der Waals surface area contributed by atoms with E-state index in [1.807, 2.05) is 19.1 Å². The molecule has 0 heterocycles. The van der Waals surface area contributed by atoms with Crippen molar-refractivity contribution >= 4 is 11.8 Å². The molecule has 5 heteroatoms. The lowest BCUT2D eigenvalue weighted by Crippen LogP contribution is -2.23. The van der Waals surface area contributed by atoms with Crippen LogP contribution in [-0.4, -0.2) is 38.8 Å². The first-order valence-electron chi connectivity index (χ1n) is 10.5. The lowest BCUT2D eigenvalue weighted by Gasteiger charge is -2.22. The van der Waals surface area contributed by atoms with Crippen LogP contribution in [0.3, 0.4) is 0 Å². The minimum atomic E-state index is -0.760. The Labute approximate surface area is 163 Å². The Morgan fingerprint density at radius 2 is 2.00 bits per heavy atom. The molecule has 3 N–H and O–H groups in total. The highest BCUT2D eigenvalue weighted by Crippen LogP contribution is 2.34. The number of Topliss-reactive ketones (excluding diaryl/α,β-unsaturated/α-hetero) is 1. The molecule has 1 aliphatic carbocycles. The van der Waals surface area contributed by atoms with Crippen molar-refractivity contribution in [1.82, 2.24) is 0 Å². The van der Waals surface area contributed by atoms with Gasteiger partial charge >= 0.3 is 5.97 Å². The molecule has 0 aromatic heterocycles. The molecule has 0 radical (unpaired) electrons. The van der Waals surface area contributed by atoms with E-state index in [-0.39, 0.29) is 30.0 Å². The number of aliphatic hydroxyl groups is 2. The van der Waals surface area contributed by atoms with E-state index in [2.05, 4.69) is 6.92 Å². The largest absolute Gasteiger partial charge is 0.481 e. The van der Waals surface area contributed by atoms with Crippen molar-refractivity contribution < 1.29 is 24.9 Å². The van der Waals surface area contributed by atoms with Crippen molar-refractivity contribution in [1.29, 1.82) is 0 Å². The van der Waals surface area contributed by atoms with Gasteiger partial charge in [-0.1, -0.05) is 58.1 Å². The maximum atomic E-state index is 12.2. The van der Waals surface area contributed by atoms with E-state index >= 15 is 0 Å². The van der Waals surface area contributed by atoms with E-state index in [4.69, 9.17) is 5.11 Å². The number of carboxylic acid groups (broad SMARTS) is 1. The van der Waals surface area contributed by atoms with Crippen molar-refractivity contribution in [2.45, 2.75) is 96.7 Å². The Bertz CT molecular complexity index is 497. The van der Waals surface area contributed by atoms with Crippen LogP contribution in [0.5, 0.6) is 0 Å². The van der Waals surface area contributed by atoms with E-state index in [1.54, 1.807) is 6.92 Å². The molecule has 27 heavy (non-hydrogen) atoms. The van der Waals surface area contributed by atoms with Crippen LogP contribution in [0.1, 0.15) is 85.0 Å². The molecule has 0 aromatic rings. The number of unbranched alkanes of at least 4 members (excludes halogenated alkanes) is 3. The predicted octanol–water partition coefficient (Wildman–Crippen LogP) is 4.11. The summed E-state index contributed by atoms with van der Waals surface area (Å²) in [7, 11) is 0. The van der Waals surface area contributed by atoms with Crippen LogP contribution in [0, 0.1) is 17.8 Å². The van der Waals surface area contributed by atoms with Gasteiger partial charge in [-0.2, -0.15) is 0 Å². The normalized spacial score (nSPS) is 26.4. The van der Waals surface area contributed by atoms with E-state index in [1.165, 1.54) is 0 Å². The molecule has 1 saturated carbocycles. The number of hydrogen-bond donors (Lipinski definition) is 3. The van der Waals surface area contributed by atoms with Crippen molar-refractivity contribution in [3.05, 3.63) is 12.2 Å². The van der Waals surface area contributed by atoms with Crippen LogP contribution < -0.4 is 0 Å². The number of ketones is 1. The van der Waals surface area contributed by atoms with Gasteiger partial charge < -0.3 is 15.3 Å². The van der Waals surface area contributed by atoms with Crippen LogP contribution in [0.2, 0.25) is 0 Å². The maximum absolute atomic E-state index is 12.2. The lowest BCUT2D eigenvalue weighted by molar-refractivity contribution is -0.141. The van der Waals surface area contributed by atoms with Crippen molar-refractivity contribution in [2.75, 3.05) is 0 Å². The molecular weight excluding hydrogens is 344 g/mol. The number of carboxylic acids is 1. The summed E-state index contributed by atoms with van der Waals surface area (Å²) in [6.45, 7) is 5.65. The highest BCUT2D eigenvalue weighted by atomic mass is 16.4. The molecule has 5 atom stereocenters. The molecule has 0 aromatic carbocycles.